The van der Waals surface area contributed by atoms with Crippen LogP contribution < -0.4 is 9.47 Å². The molecule has 0 fully saturated rings. The van der Waals surface area contributed by atoms with Gasteiger partial charge in [0.05, 0.1) is 18.9 Å². The summed E-state index contributed by atoms with van der Waals surface area (Å²) in [5.41, 5.74) is 0. The second-order valence-electron chi connectivity index (χ2n) is 6.11. The lowest BCUT2D eigenvalue weighted by atomic mass is 10.1. The number of benzene rings is 2. The van der Waals surface area contributed by atoms with Gasteiger partial charge in [-0.05, 0) is 29.6 Å². The van der Waals surface area contributed by atoms with Gasteiger partial charge in [0, 0.05) is 35.7 Å². The lowest BCUT2D eigenvalue weighted by Crippen LogP contribution is -1.90. The zero-order valence-corrected chi connectivity index (χ0v) is 17.3. The summed E-state index contributed by atoms with van der Waals surface area (Å²) in [4.78, 5) is 5.13. The summed E-state index contributed by atoms with van der Waals surface area (Å²) in [6, 6.07) is 19.2. The van der Waals surface area contributed by atoms with Gasteiger partial charge in [0.15, 0.2) is 0 Å². The number of hydrogen-bond donors (Lipinski definition) is 0. The Balaban J connectivity index is 1.75. The zero-order chi connectivity index (χ0) is 18.4. The molecule has 0 N–H and O–H groups in total. The molecule has 5 heteroatoms. The van der Waals surface area contributed by atoms with Crippen LogP contribution in [0.2, 0.25) is 0 Å². The van der Waals surface area contributed by atoms with Crippen molar-refractivity contribution in [2.24, 2.45) is 0 Å². The van der Waals surface area contributed by atoms with Gasteiger partial charge < -0.3 is 9.47 Å². The van der Waals surface area contributed by atoms with E-state index in [1.165, 1.54) is 19.5 Å². The molecule has 0 aliphatic carbocycles. The first kappa shape index (κ1) is 16.8. The van der Waals surface area contributed by atoms with Gasteiger partial charge in [-0.25, -0.2) is 0 Å². The van der Waals surface area contributed by atoms with Crippen LogP contribution in [0.15, 0.2) is 60.0 Å². The van der Waals surface area contributed by atoms with Crippen molar-refractivity contribution in [3.8, 4) is 31.0 Å². The predicted octanol–water partition coefficient (Wildman–Crippen LogP) is 7.53. The molecule has 0 bridgehead atoms. The summed E-state index contributed by atoms with van der Waals surface area (Å²) in [6.45, 7) is 0. The fourth-order valence-corrected chi connectivity index (χ4v) is 6.55. The summed E-state index contributed by atoms with van der Waals surface area (Å²) in [7, 11) is 3.48. The summed E-state index contributed by atoms with van der Waals surface area (Å²) >= 11 is 5.37. The van der Waals surface area contributed by atoms with E-state index in [2.05, 4.69) is 47.8 Å². The Kier molecular flexibility index (Phi) is 4.16. The molecule has 0 unspecified atom stereocenters. The van der Waals surface area contributed by atoms with Crippen molar-refractivity contribution in [2.45, 2.75) is 0 Å². The maximum Gasteiger partial charge on any atom is 0.144 e. The molecular weight excluding hydrogens is 392 g/mol. The fourth-order valence-electron chi connectivity index (χ4n) is 3.44. The maximum atomic E-state index is 5.81. The molecule has 0 saturated heterocycles. The molecule has 0 saturated carbocycles. The number of fused-ring (bicyclic) bond motifs is 2. The zero-order valence-electron chi connectivity index (χ0n) is 14.8. The van der Waals surface area contributed by atoms with Crippen molar-refractivity contribution in [3.05, 3.63) is 60.0 Å². The Morgan fingerprint density at radius 2 is 1.33 bits per heavy atom. The van der Waals surface area contributed by atoms with Gasteiger partial charge in [0.2, 0.25) is 0 Å². The molecule has 134 valence electrons. The number of methoxy groups -OCH3 is 2. The Labute approximate surface area is 169 Å². The highest BCUT2D eigenvalue weighted by atomic mass is 32.1. The third kappa shape index (κ3) is 2.65. The minimum Gasteiger partial charge on any atom is -0.495 e. The highest BCUT2D eigenvalue weighted by molar-refractivity contribution is 7.28. The average Bonchev–Trinajstić information content (AvgIpc) is 3.45. The topological polar surface area (TPSA) is 18.5 Å². The van der Waals surface area contributed by atoms with Crippen LogP contribution in [0, 0.1) is 0 Å². The van der Waals surface area contributed by atoms with E-state index >= 15 is 0 Å². The van der Waals surface area contributed by atoms with E-state index in [-0.39, 0.29) is 0 Å². The largest absolute Gasteiger partial charge is 0.495 e. The molecule has 3 aromatic heterocycles. The summed E-state index contributed by atoms with van der Waals surface area (Å²) in [6.07, 6.45) is 0. The van der Waals surface area contributed by atoms with Gasteiger partial charge in [-0.15, -0.1) is 34.0 Å². The first-order valence-corrected chi connectivity index (χ1v) is 11.0. The molecule has 2 nitrogen and oxygen atoms in total. The van der Waals surface area contributed by atoms with E-state index in [1.807, 2.05) is 23.5 Å². The summed E-state index contributed by atoms with van der Waals surface area (Å²) in [5.74, 6) is 1.84. The van der Waals surface area contributed by atoms with E-state index in [0.717, 1.165) is 32.4 Å². The standard InChI is InChI=1S/C22H16O2S3/c1-23-20-13-6-3-4-7-14(13)21(24-2)22-15(20)12-19(27-22)18-10-9-17(26-18)16-8-5-11-25-16/h3-12H,1-2H3. The molecule has 0 radical (unpaired) electrons. The lowest BCUT2D eigenvalue weighted by molar-refractivity contribution is 0.418. The molecule has 0 amide bonds. The molecule has 0 aliphatic rings. The molecule has 5 aromatic rings. The Bertz CT molecular complexity index is 1190. The van der Waals surface area contributed by atoms with E-state index in [9.17, 15) is 0 Å². The van der Waals surface area contributed by atoms with Crippen molar-refractivity contribution in [1.29, 1.82) is 0 Å². The van der Waals surface area contributed by atoms with Crippen LogP contribution in [0.5, 0.6) is 11.5 Å². The van der Waals surface area contributed by atoms with Crippen LogP contribution in [0.1, 0.15) is 0 Å². The summed E-state index contributed by atoms with van der Waals surface area (Å²) < 4.78 is 12.8. The Hall–Kier alpha value is -2.34. The van der Waals surface area contributed by atoms with Crippen LogP contribution in [-0.4, -0.2) is 14.2 Å². The highest BCUT2D eigenvalue weighted by Crippen LogP contribution is 2.49. The van der Waals surface area contributed by atoms with Crippen molar-refractivity contribution >= 4 is 54.9 Å². The smallest absolute Gasteiger partial charge is 0.144 e. The van der Waals surface area contributed by atoms with Crippen LogP contribution in [0.25, 0.3) is 40.4 Å². The van der Waals surface area contributed by atoms with Crippen molar-refractivity contribution in [2.75, 3.05) is 14.2 Å². The predicted molar refractivity (Wildman–Crippen MR) is 119 cm³/mol. The molecule has 0 atom stereocenters. The third-order valence-electron chi connectivity index (χ3n) is 4.62. The van der Waals surface area contributed by atoms with Gasteiger partial charge in [-0.2, -0.15) is 0 Å². The van der Waals surface area contributed by atoms with E-state index < -0.39 is 0 Å². The van der Waals surface area contributed by atoms with Crippen LogP contribution in [-0.2, 0) is 0 Å². The second kappa shape index (κ2) is 6.68. The number of ether oxygens (including phenoxy) is 2. The molecule has 0 spiro atoms. The number of hydrogen-bond acceptors (Lipinski definition) is 5. The molecule has 3 heterocycles. The minimum absolute atomic E-state index is 0.916. The Morgan fingerprint density at radius 1 is 0.630 bits per heavy atom. The van der Waals surface area contributed by atoms with Gasteiger partial charge in [-0.3, -0.25) is 0 Å². The maximum absolute atomic E-state index is 5.81. The lowest BCUT2D eigenvalue weighted by Gasteiger charge is -2.11. The fraction of sp³-hybridized carbons (Fsp3) is 0.0909. The first-order valence-electron chi connectivity index (χ1n) is 8.50. The molecule has 27 heavy (non-hydrogen) atoms. The van der Waals surface area contributed by atoms with E-state index in [4.69, 9.17) is 9.47 Å². The van der Waals surface area contributed by atoms with E-state index in [1.54, 1.807) is 36.9 Å². The minimum atomic E-state index is 0.916. The van der Waals surface area contributed by atoms with Crippen molar-refractivity contribution in [3.63, 3.8) is 0 Å². The second-order valence-corrected chi connectivity index (χ2v) is 9.19. The molecule has 5 rings (SSSR count). The summed E-state index contributed by atoms with van der Waals surface area (Å²) in [5, 5.41) is 5.40. The van der Waals surface area contributed by atoms with Crippen LogP contribution in [0.4, 0.5) is 0 Å². The molecule has 2 aromatic carbocycles. The third-order valence-corrected chi connectivity index (χ3v) is 8.10. The van der Waals surface area contributed by atoms with Crippen molar-refractivity contribution in [1.82, 2.24) is 0 Å². The Morgan fingerprint density at radius 3 is 2.00 bits per heavy atom. The SMILES string of the molecule is COc1c2ccccc2c(OC)c2sc(-c3ccc(-c4cccs4)s3)cc12. The van der Waals surface area contributed by atoms with Gasteiger partial charge in [0.1, 0.15) is 11.5 Å². The monoisotopic (exact) mass is 408 g/mol. The molecular formula is C22H16O2S3. The highest BCUT2D eigenvalue weighted by Gasteiger charge is 2.19. The first-order chi connectivity index (χ1) is 13.3. The van der Waals surface area contributed by atoms with Gasteiger partial charge in [-0.1, -0.05) is 30.3 Å². The van der Waals surface area contributed by atoms with Crippen LogP contribution in [0.3, 0.4) is 0 Å². The average molecular weight is 409 g/mol. The van der Waals surface area contributed by atoms with E-state index in [0.29, 0.717) is 0 Å². The van der Waals surface area contributed by atoms with Gasteiger partial charge >= 0.3 is 0 Å². The van der Waals surface area contributed by atoms with Crippen molar-refractivity contribution < 1.29 is 9.47 Å². The molecule has 0 aliphatic heterocycles. The van der Waals surface area contributed by atoms with Crippen LogP contribution >= 0.6 is 34.0 Å². The number of rotatable bonds is 4. The quantitative estimate of drug-likeness (QED) is 0.306. The number of thiophene rings is 3. The normalized spacial score (nSPS) is 11.3. The van der Waals surface area contributed by atoms with Gasteiger partial charge in [0.25, 0.3) is 0 Å².